The minimum Gasteiger partial charge on any atom is -0.465 e. The average Bonchev–Trinajstić information content (AvgIpc) is 2.90. The lowest BCUT2D eigenvalue weighted by Crippen LogP contribution is -2.31. The van der Waals surface area contributed by atoms with Gasteiger partial charge in [0.05, 0.1) is 18.7 Å². The van der Waals surface area contributed by atoms with E-state index in [0.717, 1.165) is 21.9 Å². The molecule has 1 aromatic heterocycles. The Balaban J connectivity index is 2.20. The Morgan fingerprint density at radius 2 is 2.00 bits per heavy atom. The Labute approximate surface area is 165 Å². The molecule has 0 aliphatic carbocycles. The topological polar surface area (TPSA) is 50.4 Å². The van der Waals surface area contributed by atoms with Crippen molar-refractivity contribution in [3.8, 4) is 0 Å². The summed E-state index contributed by atoms with van der Waals surface area (Å²) >= 11 is 7.02. The number of rotatable bonds is 5. The molecule has 1 unspecified atom stereocenters. The number of methoxy groups -OCH3 is 1. The highest BCUT2D eigenvalue weighted by Crippen LogP contribution is 2.34. The molecular formula is C20H26N2O2S2. The molecule has 2 aromatic rings. The Hall–Kier alpha value is -1.92. The highest BCUT2D eigenvalue weighted by molar-refractivity contribution is 7.80. The number of benzene rings is 1. The fraction of sp³-hybridized carbons (Fsp3) is 0.400. The molecule has 26 heavy (non-hydrogen) atoms. The largest absolute Gasteiger partial charge is 0.465 e. The number of anilines is 1. The lowest BCUT2D eigenvalue weighted by Gasteiger charge is -2.19. The van der Waals surface area contributed by atoms with Gasteiger partial charge in [0.2, 0.25) is 0 Å². The van der Waals surface area contributed by atoms with Crippen LogP contribution in [0.15, 0.2) is 18.2 Å². The molecule has 1 aromatic carbocycles. The summed E-state index contributed by atoms with van der Waals surface area (Å²) in [5, 5.41) is 7.74. The molecule has 0 aliphatic heterocycles. The molecule has 0 bridgehead atoms. The Morgan fingerprint density at radius 1 is 1.31 bits per heavy atom. The van der Waals surface area contributed by atoms with Crippen LogP contribution in [0.2, 0.25) is 0 Å². The normalized spacial score (nSPS) is 11.8. The van der Waals surface area contributed by atoms with E-state index in [0.29, 0.717) is 10.7 Å². The average molecular weight is 391 g/mol. The van der Waals surface area contributed by atoms with Crippen LogP contribution >= 0.6 is 23.6 Å². The van der Waals surface area contributed by atoms with Gasteiger partial charge in [-0.3, -0.25) is 0 Å². The number of aryl methyl sites for hydroxylation is 3. The van der Waals surface area contributed by atoms with Gasteiger partial charge in [0, 0.05) is 4.88 Å². The molecule has 2 N–H and O–H groups in total. The lowest BCUT2D eigenvalue weighted by atomic mass is 10.0. The van der Waals surface area contributed by atoms with Gasteiger partial charge in [-0.1, -0.05) is 30.7 Å². The van der Waals surface area contributed by atoms with Gasteiger partial charge in [-0.2, -0.15) is 0 Å². The van der Waals surface area contributed by atoms with E-state index in [1.165, 1.54) is 35.1 Å². The van der Waals surface area contributed by atoms with Crippen LogP contribution in [-0.2, 0) is 11.2 Å². The molecule has 0 saturated carbocycles. The summed E-state index contributed by atoms with van der Waals surface area (Å²) < 4.78 is 4.96. The molecule has 2 rings (SSSR count). The van der Waals surface area contributed by atoms with Crippen molar-refractivity contribution in [1.82, 2.24) is 5.32 Å². The summed E-state index contributed by atoms with van der Waals surface area (Å²) in [7, 11) is 1.40. The maximum atomic E-state index is 12.2. The van der Waals surface area contributed by atoms with Crippen LogP contribution in [0.1, 0.15) is 57.4 Å². The van der Waals surface area contributed by atoms with Crippen LogP contribution in [-0.4, -0.2) is 18.2 Å². The predicted octanol–water partition coefficient (Wildman–Crippen LogP) is 5.07. The number of esters is 1. The van der Waals surface area contributed by atoms with Gasteiger partial charge in [0.25, 0.3) is 0 Å². The molecule has 0 amide bonds. The predicted molar refractivity (Wildman–Crippen MR) is 113 cm³/mol. The van der Waals surface area contributed by atoms with Crippen molar-refractivity contribution >= 4 is 39.6 Å². The van der Waals surface area contributed by atoms with Gasteiger partial charge in [-0.05, 0) is 63.0 Å². The van der Waals surface area contributed by atoms with E-state index >= 15 is 0 Å². The second-order valence-electron chi connectivity index (χ2n) is 6.37. The van der Waals surface area contributed by atoms with Gasteiger partial charge < -0.3 is 15.4 Å². The first kappa shape index (κ1) is 20.4. The molecule has 0 radical (unpaired) electrons. The fourth-order valence-electron chi connectivity index (χ4n) is 3.05. The Bertz CT molecular complexity index is 827. The number of nitrogens with one attached hydrogen (secondary N) is 2. The van der Waals surface area contributed by atoms with Gasteiger partial charge in [-0.25, -0.2) is 4.79 Å². The summed E-state index contributed by atoms with van der Waals surface area (Å²) in [6, 6.07) is 6.44. The maximum absolute atomic E-state index is 12.2. The number of hydrogen-bond acceptors (Lipinski definition) is 4. The number of carbonyl (C=O) groups is 1. The Kier molecular flexibility index (Phi) is 6.78. The zero-order valence-electron chi connectivity index (χ0n) is 16.1. The molecular weight excluding hydrogens is 364 g/mol. The van der Waals surface area contributed by atoms with Crippen molar-refractivity contribution in [1.29, 1.82) is 0 Å². The van der Waals surface area contributed by atoms with Crippen molar-refractivity contribution in [2.45, 2.75) is 47.1 Å². The van der Waals surface area contributed by atoms with Gasteiger partial charge >= 0.3 is 5.97 Å². The lowest BCUT2D eigenvalue weighted by molar-refractivity contribution is 0.0601. The third-order valence-electron chi connectivity index (χ3n) is 4.43. The smallest absolute Gasteiger partial charge is 0.341 e. The molecule has 0 spiro atoms. The van der Waals surface area contributed by atoms with Crippen LogP contribution in [0.3, 0.4) is 0 Å². The molecule has 6 heteroatoms. The number of carbonyl (C=O) groups excluding carboxylic acids is 1. The molecule has 0 aliphatic rings. The minimum absolute atomic E-state index is 0.0585. The molecule has 0 saturated heterocycles. The minimum atomic E-state index is -0.334. The standard InChI is InChI=1S/C20H26N2O2S2/c1-7-15-14(5)26-18(17(15)19(23)24-6)22-20(25)21-13(4)16-10-11(2)8-9-12(16)3/h8-10,13H,7H2,1-6H3,(H2,21,22,25). The van der Waals surface area contributed by atoms with Crippen LogP contribution < -0.4 is 10.6 Å². The summed E-state index contributed by atoms with van der Waals surface area (Å²) in [5.74, 6) is -0.334. The van der Waals surface area contributed by atoms with E-state index in [1.54, 1.807) is 0 Å². The van der Waals surface area contributed by atoms with E-state index in [9.17, 15) is 4.79 Å². The second-order valence-corrected chi connectivity index (χ2v) is 8.00. The molecule has 0 fully saturated rings. The monoisotopic (exact) mass is 390 g/mol. The maximum Gasteiger partial charge on any atom is 0.341 e. The number of ether oxygens (including phenoxy) is 1. The zero-order valence-corrected chi connectivity index (χ0v) is 17.8. The SMILES string of the molecule is CCc1c(C)sc(NC(=S)NC(C)c2cc(C)ccc2C)c1C(=O)OC. The quantitative estimate of drug-likeness (QED) is 0.551. The van der Waals surface area contributed by atoms with E-state index in [-0.39, 0.29) is 12.0 Å². The van der Waals surface area contributed by atoms with E-state index in [4.69, 9.17) is 17.0 Å². The summed E-state index contributed by atoms with van der Waals surface area (Å²) in [6.45, 7) is 10.3. The molecule has 4 nitrogen and oxygen atoms in total. The van der Waals surface area contributed by atoms with Crippen molar-refractivity contribution < 1.29 is 9.53 Å². The first-order chi connectivity index (χ1) is 12.3. The summed E-state index contributed by atoms with van der Waals surface area (Å²) in [4.78, 5) is 13.3. The van der Waals surface area contributed by atoms with Gasteiger partial charge in [-0.15, -0.1) is 11.3 Å². The van der Waals surface area contributed by atoms with Crippen molar-refractivity contribution in [2.75, 3.05) is 12.4 Å². The van der Waals surface area contributed by atoms with E-state index in [1.807, 2.05) is 13.8 Å². The van der Waals surface area contributed by atoms with Crippen molar-refractivity contribution in [3.63, 3.8) is 0 Å². The van der Waals surface area contributed by atoms with Crippen LogP contribution in [0.4, 0.5) is 5.00 Å². The van der Waals surface area contributed by atoms with E-state index < -0.39 is 0 Å². The summed E-state index contributed by atoms with van der Waals surface area (Å²) in [6.07, 6.45) is 0.771. The molecule has 1 heterocycles. The second kappa shape index (κ2) is 8.64. The number of hydrogen-bond donors (Lipinski definition) is 2. The number of thiophene rings is 1. The first-order valence-electron chi connectivity index (χ1n) is 8.63. The van der Waals surface area contributed by atoms with Gasteiger partial charge in [0.1, 0.15) is 5.00 Å². The highest BCUT2D eigenvalue weighted by atomic mass is 32.1. The third-order valence-corrected chi connectivity index (χ3v) is 5.71. The Morgan fingerprint density at radius 3 is 2.62 bits per heavy atom. The van der Waals surface area contributed by atoms with Crippen LogP contribution in [0.25, 0.3) is 0 Å². The van der Waals surface area contributed by atoms with Crippen molar-refractivity contribution in [2.24, 2.45) is 0 Å². The highest BCUT2D eigenvalue weighted by Gasteiger charge is 2.22. The summed E-state index contributed by atoms with van der Waals surface area (Å²) in [5.41, 5.74) is 5.23. The van der Waals surface area contributed by atoms with Crippen LogP contribution in [0, 0.1) is 20.8 Å². The van der Waals surface area contributed by atoms with E-state index in [2.05, 4.69) is 49.6 Å². The van der Waals surface area contributed by atoms with Gasteiger partial charge in [0.15, 0.2) is 5.11 Å². The molecule has 140 valence electrons. The van der Waals surface area contributed by atoms with Crippen molar-refractivity contribution in [3.05, 3.63) is 50.9 Å². The van der Waals surface area contributed by atoms with Crippen LogP contribution in [0.5, 0.6) is 0 Å². The third kappa shape index (κ3) is 4.43. The number of thiocarbonyl (C=S) groups is 1. The molecule has 1 atom stereocenters. The first-order valence-corrected chi connectivity index (χ1v) is 9.86. The zero-order chi connectivity index (χ0) is 19.4. The fourth-order valence-corrected chi connectivity index (χ4v) is 4.53.